The van der Waals surface area contributed by atoms with Gasteiger partial charge >= 0.3 is 5.97 Å². The quantitative estimate of drug-likeness (QED) is 0.948. The number of halogens is 1. The molecular formula is C13H13BrN2O2. The van der Waals surface area contributed by atoms with Crippen LogP contribution in [0.2, 0.25) is 0 Å². The van der Waals surface area contributed by atoms with Crippen LogP contribution >= 0.6 is 15.9 Å². The minimum atomic E-state index is -1.01. The molecule has 0 fully saturated rings. The fourth-order valence-electron chi connectivity index (χ4n) is 1.84. The van der Waals surface area contributed by atoms with Crippen molar-refractivity contribution in [3.05, 3.63) is 40.0 Å². The maximum Gasteiger partial charge on any atom is 0.356 e. The number of carboxylic acid groups (broad SMARTS) is 1. The molecule has 0 saturated carbocycles. The Bertz CT molecular complexity index is 605. The van der Waals surface area contributed by atoms with E-state index < -0.39 is 5.97 Å². The van der Waals surface area contributed by atoms with Crippen molar-refractivity contribution in [1.29, 1.82) is 0 Å². The Hall–Kier alpha value is -1.62. The number of carboxylic acids is 1. The number of carbonyl (C=O) groups is 1. The van der Waals surface area contributed by atoms with Crippen LogP contribution in [0.4, 0.5) is 0 Å². The smallest absolute Gasteiger partial charge is 0.356 e. The molecule has 0 spiro atoms. The van der Waals surface area contributed by atoms with Crippen LogP contribution in [-0.2, 0) is 13.5 Å². The van der Waals surface area contributed by atoms with Crippen molar-refractivity contribution in [3.8, 4) is 11.3 Å². The Balaban J connectivity index is 2.54. The highest BCUT2D eigenvalue weighted by Crippen LogP contribution is 2.25. The molecule has 0 aliphatic rings. The molecule has 2 aromatic rings. The van der Waals surface area contributed by atoms with E-state index in [4.69, 9.17) is 5.11 Å². The molecule has 18 heavy (non-hydrogen) atoms. The molecule has 0 amide bonds. The van der Waals surface area contributed by atoms with Crippen LogP contribution in [0, 0.1) is 0 Å². The molecule has 1 heterocycles. The lowest BCUT2D eigenvalue weighted by Gasteiger charge is -2.05. The van der Waals surface area contributed by atoms with E-state index >= 15 is 0 Å². The molecule has 2 rings (SSSR count). The minimum absolute atomic E-state index is 0.0607. The summed E-state index contributed by atoms with van der Waals surface area (Å²) >= 11 is 3.47. The third-order valence-electron chi connectivity index (χ3n) is 2.76. The van der Waals surface area contributed by atoms with Crippen LogP contribution in [0.5, 0.6) is 0 Å². The number of hydrogen-bond donors (Lipinski definition) is 1. The lowest BCUT2D eigenvalue weighted by Crippen LogP contribution is -1.99. The van der Waals surface area contributed by atoms with Gasteiger partial charge in [0, 0.05) is 17.1 Å². The molecule has 0 radical (unpaired) electrons. The first-order chi connectivity index (χ1) is 8.51. The number of benzene rings is 1. The van der Waals surface area contributed by atoms with Crippen LogP contribution in [0.15, 0.2) is 28.7 Å². The third kappa shape index (κ3) is 2.46. The number of nitrogens with zero attached hydrogens (tertiary/aromatic N) is 2. The predicted molar refractivity (Wildman–Crippen MR) is 72.7 cm³/mol. The second-order valence-electron chi connectivity index (χ2n) is 4.05. The van der Waals surface area contributed by atoms with Crippen molar-refractivity contribution < 1.29 is 9.90 Å². The van der Waals surface area contributed by atoms with Crippen LogP contribution in [0.1, 0.15) is 23.0 Å². The standard InChI is InChI=1S/C13H13BrN2O2/c1-3-8-4-9(6-10(14)5-8)12-7-11(13(17)18)15-16(12)2/h4-7H,3H2,1-2H3,(H,17,18). The van der Waals surface area contributed by atoms with Gasteiger partial charge in [0.2, 0.25) is 0 Å². The van der Waals surface area contributed by atoms with Gasteiger partial charge in [0.1, 0.15) is 0 Å². The molecule has 0 unspecified atom stereocenters. The van der Waals surface area contributed by atoms with Crippen LogP contribution in [0.25, 0.3) is 11.3 Å². The van der Waals surface area contributed by atoms with Crippen LogP contribution in [-0.4, -0.2) is 20.9 Å². The molecule has 5 heteroatoms. The Labute approximate surface area is 113 Å². The summed E-state index contributed by atoms with van der Waals surface area (Å²) in [7, 11) is 1.74. The van der Waals surface area contributed by atoms with Gasteiger partial charge in [-0.3, -0.25) is 4.68 Å². The third-order valence-corrected chi connectivity index (χ3v) is 3.22. The zero-order valence-corrected chi connectivity index (χ0v) is 11.7. The first-order valence-corrected chi connectivity index (χ1v) is 6.37. The van der Waals surface area contributed by atoms with E-state index in [1.807, 2.05) is 12.1 Å². The zero-order valence-electron chi connectivity index (χ0n) is 10.1. The van der Waals surface area contributed by atoms with Gasteiger partial charge in [-0.15, -0.1) is 0 Å². The SMILES string of the molecule is CCc1cc(Br)cc(-c2cc(C(=O)O)nn2C)c1. The number of aromatic nitrogens is 2. The fraction of sp³-hybridized carbons (Fsp3) is 0.231. The van der Waals surface area contributed by atoms with Gasteiger partial charge in [0.05, 0.1) is 5.69 Å². The van der Waals surface area contributed by atoms with E-state index in [9.17, 15) is 4.79 Å². The summed E-state index contributed by atoms with van der Waals surface area (Å²) in [6, 6.07) is 7.65. The average molecular weight is 309 g/mol. The number of rotatable bonds is 3. The Morgan fingerprint density at radius 3 is 2.67 bits per heavy atom. The normalized spacial score (nSPS) is 10.6. The maximum absolute atomic E-state index is 10.9. The van der Waals surface area contributed by atoms with Gasteiger partial charge in [-0.2, -0.15) is 5.10 Å². The Kier molecular flexibility index (Phi) is 3.52. The van der Waals surface area contributed by atoms with Crippen molar-refractivity contribution in [2.75, 3.05) is 0 Å². The van der Waals surface area contributed by atoms with Crippen LogP contribution < -0.4 is 0 Å². The molecule has 1 aromatic carbocycles. The van der Waals surface area contributed by atoms with Gasteiger partial charge in [0.15, 0.2) is 5.69 Å². The molecule has 1 N–H and O–H groups in total. The van der Waals surface area contributed by atoms with Crippen LogP contribution in [0.3, 0.4) is 0 Å². The molecular weight excluding hydrogens is 296 g/mol. The molecule has 94 valence electrons. The van der Waals surface area contributed by atoms with Crippen molar-refractivity contribution in [2.24, 2.45) is 7.05 Å². The van der Waals surface area contributed by atoms with E-state index in [0.717, 1.165) is 22.2 Å². The van der Waals surface area contributed by atoms with E-state index in [1.54, 1.807) is 17.8 Å². The summed E-state index contributed by atoms with van der Waals surface area (Å²) < 4.78 is 2.57. The second-order valence-corrected chi connectivity index (χ2v) is 4.96. The van der Waals surface area contributed by atoms with Gasteiger partial charge in [0.25, 0.3) is 0 Å². The summed E-state index contributed by atoms with van der Waals surface area (Å²) in [6.45, 7) is 2.08. The van der Waals surface area contributed by atoms with Crippen molar-refractivity contribution in [2.45, 2.75) is 13.3 Å². The highest BCUT2D eigenvalue weighted by atomic mass is 79.9. The van der Waals surface area contributed by atoms with Gasteiger partial charge in [-0.25, -0.2) is 4.79 Å². The summed E-state index contributed by atoms with van der Waals surface area (Å²) in [5.41, 5.74) is 3.01. The van der Waals surface area contributed by atoms with Gasteiger partial charge in [-0.1, -0.05) is 22.9 Å². The number of aromatic carboxylic acids is 1. The first kappa shape index (κ1) is 12.8. The molecule has 0 aliphatic heterocycles. The summed E-state index contributed by atoms with van der Waals surface area (Å²) in [5.74, 6) is -1.01. The summed E-state index contributed by atoms with van der Waals surface area (Å²) in [6.07, 6.45) is 0.927. The number of hydrogen-bond acceptors (Lipinski definition) is 2. The molecule has 0 aliphatic carbocycles. The minimum Gasteiger partial charge on any atom is -0.476 e. The lowest BCUT2D eigenvalue weighted by atomic mass is 10.1. The Morgan fingerprint density at radius 1 is 1.39 bits per heavy atom. The maximum atomic E-state index is 10.9. The summed E-state index contributed by atoms with van der Waals surface area (Å²) in [5, 5.41) is 12.9. The van der Waals surface area contributed by atoms with Gasteiger partial charge in [-0.05, 0) is 36.2 Å². The van der Waals surface area contributed by atoms with E-state index in [2.05, 4.69) is 34.0 Å². The van der Waals surface area contributed by atoms with Crippen molar-refractivity contribution >= 4 is 21.9 Å². The highest BCUT2D eigenvalue weighted by molar-refractivity contribution is 9.10. The first-order valence-electron chi connectivity index (χ1n) is 5.58. The van der Waals surface area contributed by atoms with E-state index in [-0.39, 0.29) is 5.69 Å². The lowest BCUT2D eigenvalue weighted by molar-refractivity contribution is 0.0689. The molecule has 4 nitrogen and oxygen atoms in total. The predicted octanol–water partition coefficient (Wildman–Crippen LogP) is 3.11. The molecule has 0 bridgehead atoms. The van der Waals surface area contributed by atoms with Crippen molar-refractivity contribution in [3.63, 3.8) is 0 Å². The average Bonchev–Trinajstić information content (AvgIpc) is 2.70. The Morgan fingerprint density at radius 2 is 2.11 bits per heavy atom. The fourth-order valence-corrected chi connectivity index (χ4v) is 2.39. The summed E-state index contributed by atoms with van der Waals surface area (Å²) in [4.78, 5) is 10.9. The monoisotopic (exact) mass is 308 g/mol. The van der Waals surface area contributed by atoms with E-state index in [0.29, 0.717) is 0 Å². The van der Waals surface area contributed by atoms with Crippen molar-refractivity contribution in [1.82, 2.24) is 9.78 Å². The van der Waals surface area contributed by atoms with Gasteiger partial charge < -0.3 is 5.11 Å². The molecule has 0 atom stereocenters. The largest absolute Gasteiger partial charge is 0.476 e. The highest BCUT2D eigenvalue weighted by Gasteiger charge is 2.13. The van der Waals surface area contributed by atoms with E-state index in [1.165, 1.54) is 5.56 Å². The molecule has 1 aromatic heterocycles. The topological polar surface area (TPSA) is 55.1 Å². The molecule has 0 saturated heterocycles. The zero-order chi connectivity index (χ0) is 13.3. The second kappa shape index (κ2) is 4.94. The number of aryl methyl sites for hydroxylation is 2.